The van der Waals surface area contributed by atoms with Gasteiger partial charge in [-0.25, -0.2) is 4.98 Å². The van der Waals surface area contributed by atoms with Crippen molar-refractivity contribution in [2.24, 2.45) is 0 Å². The van der Waals surface area contributed by atoms with E-state index in [2.05, 4.69) is 20.6 Å². The zero-order valence-electron chi connectivity index (χ0n) is 15.7. The van der Waals surface area contributed by atoms with Crippen molar-refractivity contribution in [2.75, 3.05) is 31.5 Å². The molecule has 0 spiro atoms. The van der Waals surface area contributed by atoms with Crippen LogP contribution in [0.5, 0.6) is 0 Å². The van der Waals surface area contributed by atoms with E-state index in [4.69, 9.17) is 27.6 Å². The average Bonchev–Trinajstić information content (AvgIpc) is 3.24. The molecule has 2 aromatic heterocycles. The number of carbonyl (C=O) groups is 2. The molecule has 4 rings (SSSR count). The van der Waals surface area contributed by atoms with Crippen LogP contribution in [-0.2, 0) is 0 Å². The first-order valence-corrected chi connectivity index (χ1v) is 9.95. The molecule has 3 aromatic rings. The third kappa shape index (κ3) is 4.46. The molecule has 8 nitrogen and oxygen atoms in total. The van der Waals surface area contributed by atoms with Crippen LogP contribution in [0.15, 0.2) is 47.1 Å². The third-order valence-corrected chi connectivity index (χ3v) is 5.32. The first kappa shape index (κ1) is 20.3. The predicted octanol–water partition coefficient (Wildman–Crippen LogP) is 3.34. The maximum atomic E-state index is 12.6. The monoisotopic (exact) mass is 445 g/mol. The molecule has 0 unspecified atom stereocenters. The summed E-state index contributed by atoms with van der Waals surface area (Å²) < 4.78 is 5.43. The smallest absolute Gasteiger partial charge is 0.302 e. The fourth-order valence-corrected chi connectivity index (χ4v) is 3.31. The number of nitrogens with zero attached hydrogens (tertiary/aromatic N) is 3. The summed E-state index contributed by atoms with van der Waals surface area (Å²) >= 11 is 12.0. The van der Waals surface area contributed by atoms with Crippen molar-refractivity contribution >= 4 is 41.0 Å². The maximum absolute atomic E-state index is 12.6. The Kier molecular flexibility index (Phi) is 5.98. The van der Waals surface area contributed by atoms with Crippen LogP contribution in [0, 0.1) is 0 Å². The SMILES string of the molecule is O=C(Nc1ncc(C(=O)N2CCNCC2)o1)c1ccnc(-c2ccc(Cl)c(Cl)c2)c1. The van der Waals surface area contributed by atoms with Crippen LogP contribution >= 0.6 is 23.2 Å². The number of halogens is 2. The second-order valence-electron chi connectivity index (χ2n) is 6.58. The van der Waals surface area contributed by atoms with Gasteiger partial charge in [0.25, 0.3) is 11.8 Å². The van der Waals surface area contributed by atoms with Crippen LogP contribution in [0.2, 0.25) is 10.0 Å². The third-order valence-electron chi connectivity index (χ3n) is 4.58. The van der Waals surface area contributed by atoms with E-state index in [0.717, 1.165) is 18.7 Å². The Bertz CT molecular complexity index is 1100. The van der Waals surface area contributed by atoms with Gasteiger partial charge in [0.2, 0.25) is 5.76 Å². The molecule has 1 aliphatic rings. The predicted molar refractivity (Wildman–Crippen MR) is 113 cm³/mol. The van der Waals surface area contributed by atoms with Gasteiger partial charge in [-0.1, -0.05) is 29.3 Å². The van der Waals surface area contributed by atoms with Gasteiger partial charge in [-0.05, 0) is 24.3 Å². The minimum Gasteiger partial charge on any atom is -0.418 e. The van der Waals surface area contributed by atoms with E-state index in [1.165, 1.54) is 12.4 Å². The van der Waals surface area contributed by atoms with E-state index in [1.807, 2.05) is 0 Å². The molecule has 2 N–H and O–H groups in total. The van der Waals surface area contributed by atoms with Crippen molar-refractivity contribution < 1.29 is 14.0 Å². The minimum atomic E-state index is -0.443. The fraction of sp³-hybridized carbons (Fsp3) is 0.200. The number of oxazole rings is 1. The topological polar surface area (TPSA) is 100 Å². The van der Waals surface area contributed by atoms with Crippen molar-refractivity contribution in [2.45, 2.75) is 0 Å². The van der Waals surface area contributed by atoms with E-state index < -0.39 is 5.91 Å². The van der Waals surface area contributed by atoms with Crippen molar-refractivity contribution in [3.05, 3.63) is 64.1 Å². The minimum absolute atomic E-state index is 0.0496. The number of aromatic nitrogens is 2. The average molecular weight is 446 g/mol. The van der Waals surface area contributed by atoms with Gasteiger partial charge in [0, 0.05) is 43.5 Å². The number of hydrogen-bond acceptors (Lipinski definition) is 6. The number of anilines is 1. The lowest BCUT2D eigenvalue weighted by molar-refractivity contribution is 0.0704. The van der Waals surface area contributed by atoms with Gasteiger partial charge in [-0.2, -0.15) is 0 Å². The Morgan fingerprint density at radius 1 is 1.07 bits per heavy atom. The molecule has 1 fully saturated rings. The highest BCUT2D eigenvalue weighted by Gasteiger charge is 2.22. The van der Waals surface area contributed by atoms with Crippen LogP contribution in [0.25, 0.3) is 11.3 Å². The summed E-state index contributed by atoms with van der Waals surface area (Å²) in [7, 11) is 0. The zero-order valence-corrected chi connectivity index (χ0v) is 17.2. The molecule has 0 atom stereocenters. The van der Waals surface area contributed by atoms with Gasteiger partial charge in [0.1, 0.15) is 0 Å². The summed E-state index contributed by atoms with van der Waals surface area (Å²) in [6.45, 7) is 2.64. The number of piperazine rings is 1. The molecular formula is C20H17Cl2N5O3. The Labute approximate surface area is 182 Å². The van der Waals surface area contributed by atoms with Gasteiger partial charge >= 0.3 is 6.01 Å². The van der Waals surface area contributed by atoms with Crippen LogP contribution in [0.4, 0.5) is 6.01 Å². The number of benzene rings is 1. The molecule has 0 saturated carbocycles. The quantitative estimate of drug-likeness (QED) is 0.638. The second kappa shape index (κ2) is 8.83. The summed E-state index contributed by atoms with van der Waals surface area (Å²) in [6, 6.07) is 8.23. The molecule has 10 heteroatoms. The molecule has 0 aliphatic carbocycles. The van der Waals surface area contributed by atoms with Crippen LogP contribution in [0.3, 0.4) is 0 Å². The van der Waals surface area contributed by atoms with Crippen molar-refractivity contribution in [1.82, 2.24) is 20.2 Å². The first-order valence-electron chi connectivity index (χ1n) is 9.20. The largest absolute Gasteiger partial charge is 0.418 e. The number of amides is 2. The standard InChI is InChI=1S/C20H17Cl2N5O3/c21-14-2-1-12(9-15(14)22)16-10-13(3-4-24-16)18(28)26-20-25-11-17(30-20)19(29)27-7-5-23-6-8-27/h1-4,9-11,23H,5-8H2,(H,25,26,28). The molecule has 3 heterocycles. The van der Waals surface area contributed by atoms with Crippen LogP contribution < -0.4 is 10.6 Å². The van der Waals surface area contributed by atoms with Crippen LogP contribution in [0.1, 0.15) is 20.9 Å². The Balaban J connectivity index is 1.47. The van der Waals surface area contributed by atoms with Crippen molar-refractivity contribution in [3.8, 4) is 11.3 Å². The lowest BCUT2D eigenvalue weighted by Crippen LogP contribution is -2.46. The Morgan fingerprint density at radius 3 is 2.63 bits per heavy atom. The molecule has 30 heavy (non-hydrogen) atoms. The van der Waals surface area contributed by atoms with Crippen molar-refractivity contribution in [3.63, 3.8) is 0 Å². The summed E-state index contributed by atoms with van der Waals surface area (Å²) in [4.78, 5) is 35.0. The number of hydrogen-bond donors (Lipinski definition) is 2. The van der Waals surface area contributed by atoms with Gasteiger partial charge in [-0.15, -0.1) is 0 Å². The fourth-order valence-electron chi connectivity index (χ4n) is 3.01. The van der Waals surface area contributed by atoms with E-state index in [-0.39, 0.29) is 17.7 Å². The molecule has 1 saturated heterocycles. The summed E-state index contributed by atoms with van der Waals surface area (Å²) in [5, 5.41) is 6.57. The first-order chi connectivity index (χ1) is 14.5. The highest BCUT2D eigenvalue weighted by molar-refractivity contribution is 6.42. The molecule has 2 amide bonds. The zero-order chi connectivity index (χ0) is 21.1. The molecule has 1 aliphatic heterocycles. The molecule has 0 radical (unpaired) electrons. The van der Waals surface area contributed by atoms with E-state index >= 15 is 0 Å². The Hall–Kier alpha value is -2.94. The molecule has 0 bridgehead atoms. The lowest BCUT2D eigenvalue weighted by Gasteiger charge is -2.26. The maximum Gasteiger partial charge on any atom is 0.302 e. The highest BCUT2D eigenvalue weighted by Crippen LogP contribution is 2.28. The lowest BCUT2D eigenvalue weighted by atomic mass is 10.1. The number of pyridine rings is 1. The number of carbonyl (C=O) groups excluding carboxylic acids is 2. The summed E-state index contributed by atoms with van der Waals surface area (Å²) in [5.74, 6) is -0.615. The Morgan fingerprint density at radius 2 is 1.87 bits per heavy atom. The normalized spacial score (nSPS) is 13.9. The molecular weight excluding hydrogens is 429 g/mol. The van der Waals surface area contributed by atoms with Gasteiger partial charge in [0.05, 0.1) is 21.9 Å². The van der Waals surface area contributed by atoms with Gasteiger partial charge in [-0.3, -0.25) is 19.9 Å². The second-order valence-corrected chi connectivity index (χ2v) is 7.40. The molecule has 154 valence electrons. The number of nitrogens with one attached hydrogen (secondary N) is 2. The summed E-state index contributed by atoms with van der Waals surface area (Å²) in [6.07, 6.45) is 2.83. The van der Waals surface area contributed by atoms with Gasteiger partial charge in [0.15, 0.2) is 0 Å². The van der Waals surface area contributed by atoms with Gasteiger partial charge < -0.3 is 14.6 Å². The van der Waals surface area contributed by atoms with Crippen molar-refractivity contribution in [1.29, 1.82) is 0 Å². The molecule has 1 aromatic carbocycles. The van der Waals surface area contributed by atoms with E-state index in [0.29, 0.717) is 34.4 Å². The highest BCUT2D eigenvalue weighted by atomic mass is 35.5. The van der Waals surface area contributed by atoms with E-state index in [9.17, 15) is 9.59 Å². The number of rotatable bonds is 4. The van der Waals surface area contributed by atoms with Crippen LogP contribution in [-0.4, -0.2) is 52.9 Å². The summed E-state index contributed by atoms with van der Waals surface area (Å²) in [5.41, 5.74) is 1.63. The van der Waals surface area contributed by atoms with E-state index in [1.54, 1.807) is 35.2 Å².